The van der Waals surface area contributed by atoms with Gasteiger partial charge in [0.15, 0.2) is 12.6 Å². The first-order valence-corrected chi connectivity index (χ1v) is 10.1. The molecule has 0 aromatic heterocycles. The molecule has 4 rings (SSSR count). The Morgan fingerprint density at radius 3 is 2.58 bits per heavy atom. The summed E-state index contributed by atoms with van der Waals surface area (Å²) in [5, 5.41) is 20.5. The molecule has 1 saturated heterocycles. The Kier molecular flexibility index (Phi) is 5.28. The van der Waals surface area contributed by atoms with Crippen LogP contribution in [-0.4, -0.2) is 35.5 Å². The fourth-order valence-electron chi connectivity index (χ4n) is 5.71. The van der Waals surface area contributed by atoms with Crippen LogP contribution in [0.1, 0.15) is 64.2 Å². The molecule has 4 nitrogen and oxygen atoms in total. The summed E-state index contributed by atoms with van der Waals surface area (Å²) in [5.41, 5.74) is 1.09. The molecule has 4 aliphatic rings. The highest BCUT2D eigenvalue weighted by atomic mass is 16.7. The third kappa shape index (κ3) is 3.44. The lowest BCUT2D eigenvalue weighted by molar-refractivity contribution is -0.183. The average Bonchev–Trinajstić information content (AvgIpc) is 2.89. The molecule has 0 bridgehead atoms. The van der Waals surface area contributed by atoms with E-state index in [0.717, 1.165) is 23.8 Å². The van der Waals surface area contributed by atoms with Crippen molar-refractivity contribution in [2.75, 3.05) is 6.61 Å². The summed E-state index contributed by atoms with van der Waals surface area (Å²) < 4.78 is 11.0. The summed E-state index contributed by atoms with van der Waals surface area (Å²) in [6, 6.07) is 0. The Morgan fingerprint density at radius 2 is 1.79 bits per heavy atom. The molecule has 0 aromatic rings. The maximum atomic E-state index is 10.7. The molecule has 4 heteroatoms. The van der Waals surface area contributed by atoms with Crippen molar-refractivity contribution in [3.05, 3.63) is 11.6 Å². The lowest BCUT2D eigenvalue weighted by Gasteiger charge is -2.36. The third-order valence-corrected chi connectivity index (χ3v) is 7.04. The molecule has 2 N–H and O–H groups in total. The zero-order valence-electron chi connectivity index (χ0n) is 14.6. The predicted molar refractivity (Wildman–Crippen MR) is 91.1 cm³/mol. The molecule has 3 aliphatic carbocycles. The van der Waals surface area contributed by atoms with Gasteiger partial charge in [-0.1, -0.05) is 31.8 Å². The molecule has 2 saturated carbocycles. The van der Waals surface area contributed by atoms with Gasteiger partial charge in [0.25, 0.3) is 0 Å². The van der Waals surface area contributed by atoms with Crippen molar-refractivity contribution < 1.29 is 19.7 Å². The molecule has 0 radical (unpaired) electrons. The SMILES string of the molecule is OC(OC1CCOC1O)C1=CCCC2CCC3CCCCC3CC12. The number of rotatable bonds is 3. The van der Waals surface area contributed by atoms with Gasteiger partial charge in [-0.15, -0.1) is 0 Å². The minimum absolute atomic E-state index is 0.394. The highest BCUT2D eigenvalue weighted by molar-refractivity contribution is 5.16. The predicted octanol–water partition coefficient (Wildman–Crippen LogP) is 3.37. The second-order valence-electron chi connectivity index (χ2n) is 8.34. The Labute approximate surface area is 145 Å². The fourth-order valence-corrected chi connectivity index (χ4v) is 5.71. The number of ether oxygens (including phenoxy) is 2. The Bertz CT molecular complexity index is 463. The van der Waals surface area contributed by atoms with E-state index in [0.29, 0.717) is 24.9 Å². The van der Waals surface area contributed by atoms with Gasteiger partial charge in [-0.05, 0) is 61.3 Å². The Morgan fingerprint density at radius 1 is 1.00 bits per heavy atom. The van der Waals surface area contributed by atoms with Gasteiger partial charge in [-0.2, -0.15) is 0 Å². The van der Waals surface area contributed by atoms with Crippen LogP contribution < -0.4 is 0 Å². The molecular weight excluding hydrogens is 304 g/mol. The Balaban J connectivity index is 1.46. The van der Waals surface area contributed by atoms with Crippen molar-refractivity contribution in [2.24, 2.45) is 23.7 Å². The van der Waals surface area contributed by atoms with E-state index in [2.05, 4.69) is 6.08 Å². The van der Waals surface area contributed by atoms with Crippen molar-refractivity contribution in [2.45, 2.75) is 82.9 Å². The van der Waals surface area contributed by atoms with Crippen LogP contribution in [0, 0.1) is 23.7 Å². The molecule has 0 amide bonds. The highest BCUT2D eigenvalue weighted by Crippen LogP contribution is 2.48. The first kappa shape index (κ1) is 17.0. The standard InChI is InChI=1S/C20H32O4/c21-19(24-18-10-11-23-20(18)22)16-7-3-6-14-9-8-13-4-1-2-5-15(13)12-17(14)16/h7,13-15,17-22H,1-6,8-12H2. The number of aliphatic hydroxyl groups is 2. The van der Waals surface area contributed by atoms with E-state index in [-0.39, 0.29) is 0 Å². The number of fused-ring (bicyclic) bond motifs is 2. The molecule has 7 unspecified atom stereocenters. The summed E-state index contributed by atoms with van der Waals surface area (Å²) >= 11 is 0. The topological polar surface area (TPSA) is 58.9 Å². The van der Waals surface area contributed by atoms with E-state index in [1.54, 1.807) is 0 Å². The molecule has 0 spiro atoms. The van der Waals surface area contributed by atoms with E-state index in [1.165, 1.54) is 51.4 Å². The highest BCUT2D eigenvalue weighted by Gasteiger charge is 2.40. The normalized spacial score (nSPS) is 44.2. The smallest absolute Gasteiger partial charge is 0.181 e. The number of allylic oxidation sites excluding steroid dienone is 1. The van der Waals surface area contributed by atoms with Crippen LogP contribution in [0.3, 0.4) is 0 Å². The number of aliphatic hydroxyl groups excluding tert-OH is 2. The minimum atomic E-state index is -0.892. The van der Waals surface area contributed by atoms with Gasteiger partial charge in [0.2, 0.25) is 0 Å². The summed E-state index contributed by atoms with van der Waals surface area (Å²) in [6.45, 7) is 0.507. The molecule has 1 aliphatic heterocycles. The molecule has 1 heterocycles. The third-order valence-electron chi connectivity index (χ3n) is 7.04. The van der Waals surface area contributed by atoms with E-state index in [1.807, 2.05) is 0 Å². The van der Waals surface area contributed by atoms with E-state index >= 15 is 0 Å². The van der Waals surface area contributed by atoms with Crippen LogP contribution in [0.25, 0.3) is 0 Å². The lowest BCUT2D eigenvalue weighted by atomic mass is 9.71. The molecule has 3 fully saturated rings. The lowest BCUT2D eigenvalue weighted by Crippen LogP contribution is -2.35. The van der Waals surface area contributed by atoms with Crippen molar-refractivity contribution >= 4 is 0 Å². The second kappa shape index (κ2) is 7.45. The number of hydrogen-bond donors (Lipinski definition) is 2. The summed E-state index contributed by atoms with van der Waals surface area (Å²) in [6.07, 6.45) is 12.5. The van der Waals surface area contributed by atoms with Crippen LogP contribution in [0.5, 0.6) is 0 Å². The molecular formula is C20H32O4. The zero-order chi connectivity index (χ0) is 16.5. The monoisotopic (exact) mass is 336 g/mol. The van der Waals surface area contributed by atoms with E-state index in [4.69, 9.17) is 9.47 Å². The van der Waals surface area contributed by atoms with Gasteiger partial charge < -0.3 is 19.7 Å². The molecule has 7 atom stereocenters. The molecule has 24 heavy (non-hydrogen) atoms. The minimum Gasteiger partial charge on any atom is -0.366 e. The quantitative estimate of drug-likeness (QED) is 0.613. The second-order valence-corrected chi connectivity index (χ2v) is 8.34. The first-order valence-electron chi connectivity index (χ1n) is 10.1. The number of hydrogen-bond acceptors (Lipinski definition) is 4. The van der Waals surface area contributed by atoms with Crippen molar-refractivity contribution in [3.63, 3.8) is 0 Å². The van der Waals surface area contributed by atoms with Crippen LogP contribution >= 0.6 is 0 Å². The van der Waals surface area contributed by atoms with Gasteiger partial charge >= 0.3 is 0 Å². The maximum Gasteiger partial charge on any atom is 0.181 e. The van der Waals surface area contributed by atoms with Gasteiger partial charge in [0.05, 0.1) is 6.61 Å². The molecule has 136 valence electrons. The van der Waals surface area contributed by atoms with Crippen molar-refractivity contribution in [3.8, 4) is 0 Å². The van der Waals surface area contributed by atoms with Gasteiger partial charge in [-0.3, -0.25) is 0 Å². The van der Waals surface area contributed by atoms with Gasteiger partial charge in [-0.25, -0.2) is 0 Å². The van der Waals surface area contributed by atoms with Crippen molar-refractivity contribution in [1.82, 2.24) is 0 Å². The summed E-state index contributed by atoms with van der Waals surface area (Å²) in [7, 11) is 0. The van der Waals surface area contributed by atoms with Crippen LogP contribution in [0.15, 0.2) is 11.6 Å². The zero-order valence-corrected chi connectivity index (χ0v) is 14.6. The largest absolute Gasteiger partial charge is 0.366 e. The van der Waals surface area contributed by atoms with E-state index in [9.17, 15) is 10.2 Å². The molecule has 0 aromatic carbocycles. The van der Waals surface area contributed by atoms with Gasteiger partial charge in [0.1, 0.15) is 6.10 Å². The summed E-state index contributed by atoms with van der Waals surface area (Å²) in [4.78, 5) is 0. The van der Waals surface area contributed by atoms with Gasteiger partial charge in [0, 0.05) is 6.42 Å². The average molecular weight is 336 g/mol. The van der Waals surface area contributed by atoms with E-state index < -0.39 is 18.7 Å². The van der Waals surface area contributed by atoms with Crippen LogP contribution in [0.4, 0.5) is 0 Å². The fraction of sp³-hybridized carbons (Fsp3) is 0.900. The van der Waals surface area contributed by atoms with Crippen LogP contribution in [-0.2, 0) is 9.47 Å². The maximum absolute atomic E-state index is 10.7. The first-order chi connectivity index (χ1) is 11.7. The Hall–Kier alpha value is -0.420. The van der Waals surface area contributed by atoms with Crippen LogP contribution in [0.2, 0.25) is 0 Å². The van der Waals surface area contributed by atoms with Crippen molar-refractivity contribution in [1.29, 1.82) is 0 Å². The summed E-state index contributed by atoms with van der Waals surface area (Å²) in [5.74, 6) is 2.93.